The first kappa shape index (κ1) is 32.1. The lowest BCUT2D eigenvalue weighted by atomic mass is 9.81. The Morgan fingerprint density at radius 3 is 1.59 bits per heavy atom. The molecule has 0 radical (unpaired) electrons. The van der Waals surface area contributed by atoms with Crippen LogP contribution in [0.25, 0.3) is 23.3 Å². The second-order valence-electron chi connectivity index (χ2n) is 14.1. The first-order valence-corrected chi connectivity index (χ1v) is 17.8. The molecule has 0 unspecified atom stereocenters. The van der Waals surface area contributed by atoms with Crippen LogP contribution < -0.4 is 9.80 Å². The van der Waals surface area contributed by atoms with Crippen LogP contribution in [-0.2, 0) is 5.41 Å². The number of nitrogens with zero attached hydrogens (tertiary/aromatic N) is 2. The van der Waals surface area contributed by atoms with Crippen molar-refractivity contribution >= 4 is 46.3 Å². The molecule has 0 saturated heterocycles. The Balaban J connectivity index is 1.09. The number of hydrogen-bond donors (Lipinski definition) is 0. The Kier molecular flexibility index (Phi) is 8.37. The summed E-state index contributed by atoms with van der Waals surface area (Å²) in [5.41, 5.74) is 17.0. The average molecular weight is 659 g/mol. The monoisotopic (exact) mass is 658 g/mol. The molecule has 248 valence electrons. The fraction of sp³-hybridized carbons (Fsp3) is 0.102. The van der Waals surface area contributed by atoms with Gasteiger partial charge in [-0.05, 0) is 125 Å². The molecule has 0 bridgehead atoms. The third kappa shape index (κ3) is 6.15. The first-order valence-electron chi connectivity index (χ1n) is 17.8. The molecule has 2 nitrogen and oxygen atoms in total. The van der Waals surface area contributed by atoms with Crippen LogP contribution >= 0.6 is 0 Å². The van der Waals surface area contributed by atoms with Crippen LogP contribution in [0.15, 0.2) is 170 Å². The normalized spacial score (nSPS) is 12.8. The molecular weight excluding hydrogens is 617 g/mol. The SMILES string of the molecule is Cc1cccc(N(c2ccc3c(c2)C(C)(C)c2cc(/C=C/c4ccc(N(c5ccccc5)c5ccccc5)cc4)ccc2-3)c2ccccc2C)c1. The number of benzene rings is 7. The van der Waals surface area contributed by atoms with Crippen molar-refractivity contribution in [3.63, 3.8) is 0 Å². The lowest BCUT2D eigenvalue weighted by Gasteiger charge is -2.29. The Hall–Kier alpha value is -6.12. The van der Waals surface area contributed by atoms with Crippen molar-refractivity contribution < 1.29 is 0 Å². The molecule has 0 amide bonds. The van der Waals surface area contributed by atoms with Crippen molar-refractivity contribution in [3.05, 3.63) is 203 Å². The van der Waals surface area contributed by atoms with Crippen LogP contribution in [0.5, 0.6) is 0 Å². The van der Waals surface area contributed by atoms with Crippen molar-refractivity contribution in [2.75, 3.05) is 9.80 Å². The van der Waals surface area contributed by atoms with Gasteiger partial charge in [0.1, 0.15) is 0 Å². The second-order valence-corrected chi connectivity index (χ2v) is 14.1. The fourth-order valence-electron chi connectivity index (χ4n) is 7.52. The van der Waals surface area contributed by atoms with Gasteiger partial charge in [0, 0.05) is 39.5 Å². The van der Waals surface area contributed by atoms with E-state index in [0.29, 0.717) is 0 Å². The highest BCUT2D eigenvalue weighted by molar-refractivity contribution is 5.87. The van der Waals surface area contributed by atoms with Crippen LogP contribution in [0.2, 0.25) is 0 Å². The van der Waals surface area contributed by atoms with Crippen molar-refractivity contribution in [1.29, 1.82) is 0 Å². The van der Waals surface area contributed by atoms with Crippen molar-refractivity contribution in [2.45, 2.75) is 33.1 Å². The van der Waals surface area contributed by atoms with E-state index in [9.17, 15) is 0 Å². The number of aryl methyl sites for hydroxylation is 2. The van der Waals surface area contributed by atoms with Gasteiger partial charge < -0.3 is 9.80 Å². The minimum atomic E-state index is -0.144. The first-order chi connectivity index (χ1) is 24.9. The predicted octanol–water partition coefficient (Wildman–Crippen LogP) is 13.7. The van der Waals surface area contributed by atoms with Gasteiger partial charge in [-0.15, -0.1) is 0 Å². The molecule has 51 heavy (non-hydrogen) atoms. The summed E-state index contributed by atoms with van der Waals surface area (Å²) in [4.78, 5) is 4.69. The van der Waals surface area contributed by atoms with Crippen molar-refractivity contribution in [3.8, 4) is 11.1 Å². The summed E-state index contributed by atoms with van der Waals surface area (Å²) in [5.74, 6) is 0. The van der Waals surface area contributed by atoms with E-state index in [-0.39, 0.29) is 5.41 Å². The van der Waals surface area contributed by atoms with Gasteiger partial charge in [-0.1, -0.05) is 129 Å². The van der Waals surface area contributed by atoms with Crippen LogP contribution in [-0.4, -0.2) is 0 Å². The van der Waals surface area contributed by atoms with Crippen LogP contribution in [0.3, 0.4) is 0 Å². The Morgan fingerprint density at radius 2 is 0.922 bits per heavy atom. The molecule has 7 aromatic carbocycles. The molecule has 0 heterocycles. The zero-order valence-corrected chi connectivity index (χ0v) is 29.7. The molecule has 0 aromatic heterocycles. The zero-order valence-electron chi connectivity index (χ0n) is 29.7. The minimum Gasteiger partial charge on any atom is -0.311 e. The van der Waals surface area contributed by atoms with E-state index >= 15 is 0 Å². The van der Waals surface area contributed by atoms with E-state index in [1.165, 1.54) is 61.6 Å². The number of hydrogen-bond acceptors (Lipinski definition) is 2. The second kappa shape index (κ2) is 13.3. The number of para-hydroxylation sites is 3. The Morgan fingerprint density at radius 1 is 0.412 bits per heavy atom. The van der Waals surface area contributed by atoms with Crippen molar-refractivity contribution in [2.24, 2.45) is 0 Å². The molecule has 0 atom stereocenters. The third-order valence-corrected chi connectivity index (χ3v) is 10.2. The lowest BCUT2D eigenvalue weighted by molar-refractivity contribution is 0.660. The predicted molar refractivity (Wildman–Crippen MR) is 218 cm³/mol. The highest BCUT2D eigenvalue weighted by Crippen LogP contribution is 2.51. The Labute approximate surface area is 302 Å². The number of anilines is 6. The van der Waals surface area contributed by atoms with E-state index in [1.54, 1.807) is 0 Å². The zero-order chi connectivity index (χ0) is 35.0. The molecule has 0 N–H and O–H groups in total. The van der Waals surface area contributed by atoms with Gasteiger partial charge in [0.2, 0.25) is 0 Å². The summed E-state index contributed by atoms with van der Waals surface area (Å²) in [5, 5.41) is 0. The van der Waals surface area contributed by atoms with E-state index in [4.69, 9.17) is 0 Å². The minimum absolute atomic E-state index is 0.144. The molecule has 1 aliphatic carbocycles. The van der Waals surface area contributed by atoms with Gasteiger partial charge in [-0.25, -0.2) is 0 Å². The summed E-state index contributed by atoms with van der Waals surface area (Å²) < 4.78 is 0. The highest BCUT2D eigenvalue weighted by atomic mass is 15.1. The van der Waals surface area contributed by atoms with E-state index in [0.717, 1.165) is 17.1 Å². The highest BCUT2D eigenvalue weighted by Gasteiger charge is 2.36. The van der Waals surface area contributed by atoms with Gasteiger partial charge in [-0.3, -0.25) is 0 Å². The van der Waals surface area contributed by atoms with Gasteiger partial charge in [0.25, 0.3) is 0 Å². The fourth-order valence-corrected chi connectivity index (χ4v) is 7.52. The summed E-state index contributed by atoms with van der Waals surface area (Å²) in [6.07, 6.45) is 4.46. The van der Waals surface area contributed by atoms with Crippen LogP contribution in [0.1, 0.15) is 47.2 Å². The molecule has 8 rings (SSSR count). The summed E-state index contributed by atoms with van der Waals surface area (Å²) in [7, 11) is 0. The molecule has 1 aliphatic rings. The number of rotatable bonds is 8. The number of fused-ring (bicyclic) bond motifs is 3. The average Bonchev–Trinajstić information content (AvgIpc) is 3.38. The molecule has 7 aromatic rings. The van der Waals surface area contributed by atoms with Gasteiger partial charge in [0.05, 0.1) is 0 Å². The molecule has 2 heteroatoms. The van der Waals surface area contributed by atoms with E-state index in [2.05, 4.69) is 220 Å². The van der Waals surface area contributed by atoms with Crippen LogP contribution in [0.4, 0.5) is 34.1 Å². The molecule has 0 aliphatic heterocycles. The van der Waals surface area contributed by atoms with Crippen LogP contribution in [0, 0.1) is 13.8 Å². The third-order valence-electron chi connectivity index (χ3n) is 10.2. The summed E-state index contributed by atoms with van der Waals surface area (Å²) in [6.45, 7) is 9.08. The molecule has 0 saturated carbocycles. The molecule has 0 fully saturated rings. The molecular formula is C49H42N2. The largest absolute Gasteiger partial charge is 0.311 e. The topological polar surface area (TPSA) is 6.48 Å². The summed E-state index contributed by atoms with van der Waals surface area (Å²) in [6, 6.07) is 61.3. The van der Waals surface area contributed by atoms with Crippen molar-refractivity contribution in [1.82, 2.24) is 0 Å². The maximum Gasteiger partial charge on any atom is 0.0490 e. The maximum absolute atomic E-state index is 2.41. The van der Waals surface area contributed by atoms with Gasteiger partial charge >= 0.3 is 0 Å². The Bertz CT molecular complexity index is 2310. The smallest absolute Gasteiger partial charge is 0.0490 e. The van der Waals surface area contributed by atoms with E-state index in [1.807, 2.05) is 0 Å². The lowest BCUT2D eigenvalue weighted by Crippen LogP contribution is -2.17. The quantitative estimate of drug-likeness (QED) is 0.150. The summed E-state index contributed by atoms with van der Waals surface area (Å²) >= 11 is 0. The standard InChI is InChI=1S/C49H42N2/c1-35-14-13-20-42(32-35)51(48-21-12-11-15-36(48)2)43-29-31-45-44-30-26-38(33-46(44)49(3,4)47(45)34-43)23-22-37-24-27-41(28-25-37)50(39-16-7-5-8-17-39)40-18-9-6-10-19-40/h5-34H,1-4H3/b23-22+. The van der Waals surface area contributed by atoms with Gasteiger partial charge in [-0.2, -0.15) is 0 Å². The van der Waals surface area contributed by atoms with E-state index < -0.39 is 0 Å². The molecule has 0 spiro atoms. The van der Waals surface area contributed by atoms with Gasteiger partial charge in [0.15, 0.2) is 0 Å². The maximum atomic E-state index is 2.41.